The van der Waals surface area contributed by atoms with Crippen molar-refractivity contribution in [2.45, 2.75) is 26.2 Å². The van der Waals surface area contributed by atoms with Gasteiger partial charge < -0.3 is 0 Å². The quantitative estimate of drug-likeness (QED) is 0.282. The van der Waals surface area contributed by atoms with E-state index in [1.807, 2.05) is 11.3 Å². The highest BCUT2D eigenvalue weighted by Gasteiger charge is 2.20. The Morgan fingerprint density at radius 3 is 1.93 bits per heavy atom. The van der Waals surface area contributed by atoms with Gasteiger partial charge in [0.15, 0.2) is 0 Å². The van der Waals surface area contributed by atoms with Gasteiger partial charge in [-0.1, -0.05) is 106 Å². The lowest BCUT2D eigenvalue weighted by atomic mass is 9.86. The number of hydrogen-bond donors (Lipinski definition) is 0. The molecule has 0 radical (unpaired) electrons. The lowest BCUT2D eigenvalue weighted by molar-refractivity contribution is 0.597. The molecule has 0 unspecified atom stereocenters. The Kier molecular flexibility index (Phi) is 4.29. The van der Waals surface area contributed by atoms with E-state index in [1.54, 1.807) is 0 Å². The Morgan fingerprint density at radius 2 is 1.17 bits per heavy atom. The normalized spacial score (nSPS) is 12.0. The average molecular weight is 393 g/mol. The number of fused-ring (bicyclic) bond motifs is 3. The van der Waals surface area contributed by atoms with Crippen LogP contribution < -0.4 is 0 Å². The molecule has 0 spiro atoms. The van der Waals surface area contributed by atoms with Crippen molar-refractivity contribution in [2.24, 2.45) is 0 Å². The maximum Gasteiger partial charge on any atom is 0.0433 e. The van der Waals surface area contributed by atoms with E-state index in [0.717, 1.165) is 0 Å². The molecule has 0 N–H and O–H groups in total. The molecule has 1 aromatic heterocycles. The third-order valence-electron chi connectivity index (χ3n) is 5.61. The van der Waals surface area contributed by atoms with Gasteiger partial charge in [0.1, 0.15) is 0 Å². The molecule has 0 bridgehead atoms. The lowest BCUT2D eigenvalue weighted by Gasteiger charge is -2.19. The highest BCUT2D eigenvalue weighted by atomic mass is 32.1. The molecular weight excluding hydrogens is 368 g/mol. The maximum atomic E-state index is 2.32. The van der Waals surface area contributed by atoms with Gasteiger partial charge in [-0.15, -0.1) is 11.3 Å². The van der Waals surface area contributed by atoms with Crippen LogP contribution in [0.4, 0.5) is 0 Å². The number of rotatable bonds is 2. The Bertz CT molecular complexity index is 1320. The van der Waals surface area contributed by atoms with Gasteiger partial charge in [-0.05, 0) is 39.3 Å². The second kappa shape index (κ2) is 6.86. The van der Waals surface area contributed by atoms with E-state index < -0.39 is 0 Å². The van der Waals surface area contributed by atoms with E-state index in [4.69, 9.17) is 0 Å². The standard InChI is InChI=1S/C28H24S/c1-28(2,3)25-17-9-16-24-23-15-8-14-22(26(23)29-27(24)25)21-13-7-12-20(18-21)19-10-5-4-6-11-19/h4-18H,1-3H3. The fourth-order valence-electron chi connectivity index (χ4n) is 4.14. The van der Waals surface area contributed by atoms with Gasteiger partial charge in [-0.2, -0.15) is 0 Å². The molecule has 0 aliphatic carbocycles. The molecule has 0 aliphatic heterocycles. The Morgan fingerprint density at radius 1 is 0.552 bits per heavy atom. The predicted molar refractivity (Wildman–Crippen MR) is 129 cm³/mol. The number of thiophene rings is 1. The summed E-state index contributed by atoms with van der Waals surface area (Å²) in [6.45, 7) is 6.91. The zero-order valence-electron chi connectivity index (χ0n) is 17.1. The fraction of sp³-hybridized carbons (Fsp3) is 0.143. The molecule has 0 saturated carbocycles. The van der Waals surface area contributed by atoms with E-state index in [-0.39, 0.29) is 5.41 Å². The zero-order valence-corrected chi connectivity index (χ0v) is 17.9. The minimum atomic E-state index is 0.133. The van der Waals surface area contributed by atoms with Gasteiger partial charge in [-0.3, -0.25) is 0 Å². The number of hydrogen-bond acceptors (Lipinski definition) is 1. The summed E-state index contributed by atoms with van der Waals surface area (Å²) in [5.74, 6) is 0. The maximum absolute atomic E-state index is 2.32. The molecule has 1 heteroatoms. The highest BCUT2D eigenvalue weighted by molar-refractivity contribution is 7.26. The van der Waals surface area contributed by atoms with Gasteiger partial charge in [-0.25, -0.2) is 0 Å². The van der Waals surface area contributed by atoms with Crippen LogP contribution in [0.3, 0.4) is 0 Å². The van der Waals surface area contributed by atoms with Crippen molar-refractivity contribution in [3.63, 3.8) is 0 Å². The molecular formula is C28H24S. The van der Waals surface area contributed by atoms with E-state index in [9.17, 15) is 0 Å². The molecule has 29 heavy (non-hydrogen) atoms. The molecule has 0 saturated heterocycles. The van der Waals surface area contributed by atoms with E-state index in [2.05, 4.69) is 112 Å². The largest absolute Gasteiger partial charge is 0.134 e. The van der Waals surface area contributed by atoms with E-state index >= 15 is 0 Å². The number of benzene rings is 4. The topological polar surface area (TPSA) is 0 Å². The van der Waals surface area contributed by atoms with Crippen LogP contribution in [0.2, 0.25) is 0 Å². The molecule has 0 fully saturated rings. The molecule has 5 aromatic rings. The van der Waals surface area contributed by atoms with Gasteiger partial charge in [0.2, 0.25) is 0 Å². The molecule has 0 amide bonds. The van der Waals surface area contributed by atoms with E-state index in [1.165, 1.54) is 48.0 Å². The van der Waals surface area contributed by atoms with E-state index in [0.29, 0.717) is 0 Å². The minimum absolute atomic E-state index is 0.133. The molecule has 4 aromatic carbocycles. The monoisotopic (exact) mass is 392 g/mol. The van der Waals surface area contributed by atoms with Crippen molar-refractivity contribution < 1.29 is 0 Å². The Balaban J connectivity index is 1.75. The highest BCUT2D eigenvalue weighted by Crippen LogP contribution is 2.43. The third kappa shape index (κ3) is 3.16. The van der Waals surface area contributed by atoms with Crippen LogP contribution in [-0.2, 0) is 5.41 Å². The van der Waals surface area contributed by atoms with Crippen molar-refractivity contribution in [1.82, 2.24) is 0 Å². The zero-order chi connectivity index (χ0) is 20.0. The van der Waals surface area contributed by atoms with Gasteiger partial charge in [0, 0.05) is 20.2 Å². The second-order valence-corrected chi connectivity index (χ2v) is 9.68. The van der Waals surface area contributed by atoms with Crippen molar-refractivity contribution in [2.75, 3.05) is 0 Å². The second-order valence-electron chi connectivity index (χ2n) is 8.66. The van der Waals surface area contributed by atoms with Crippen molar-refractivity contribution in [3.05, 3.63) is 96.6 Å². The lowest BCUT2D eigenvalue weighted by Crippen LogP contribution is -2.10. The third-order valence-corrected chi connectivity index (χ3v) is 6.90. The van der Waals surface area contributed by atoms with Crippen LogP contribution in [0.15, 0.2) is 91.0 Å². The predicted octanol–water partition coefficient (Wildman–Crippen LogP) is 8.69. The van der Waals surface area contributed by atoms with Crippen LogP contribution >= 0.6 is 11.3 Å². The van der Waals surface area contributed by atoms with Crippen LogP contribution in [0, 0.1) is 0 Å². The molecule has 5 rings (SSSR count). The SMILES string of the molecule is CC(C)(C)c1cccc2c1sc1c(-c3cccc(-c4ccccc4)c3)cccc12. The average Bonchev–Trinajstić information content (AvgIpc) is 3.12. The van der Waals surface area contributed by atoms with Crippen molar-refractivity contribution >= 4 is 31.5 Å². The summed E-state index contributed by atoms with van der Waals surface area (Å²) >= 11 is 1.94. The Hall–Kier alpha value is -2.90. The fourth-order valence-corrected chi connectivity index (χ4v) is 5.70. The first-order valence-corrected chi connectivity index (χ1v) is 10.9. The summed E-state index contributed by atoms with van der Waals surface area (Å²) in [7, 11) is 0. The van der Waals surface area contributed by atoms with Crippen molar-refractivity contribution in [3.8, 4) is 22.3 Å². The molecule has 0 aliphatic rings. The molecule has 1 heterocycles. The van der Waals surface area contributed by atoms with Gasteiger partial charge in [0.25, 0.3) is 0 Å². The van der Waals surface area contributed by atoms with Gasteiger partial charge >= 0.3 is 0 Å². The molecule has 142 valence electrons. The minimum Gasteiger partial charge on any atom is -0.134 e. The molecule has 0 atom stereocenters. The summed E-state index contributed by atoms with van der Waals surface area (Å²) in [5.41, 5.74) is 6.68. The first kappa shape index (κ1) is 18.1. The summed E-state index contributed by atoms with van der Waals surface area (Å²) in [6, 6.07) is 33.0. The first-order valence-electron chi connectivity index (χ1n) is 10.1. The Labute approximate surface area is 176 Å². The molecule has 0 nitrogen and oxygen atoms in total. The van der Waals surface area contributed by atoms with Crippen LogP contribution in [0.5, 0.6) is 0 Å². The van der Waals surface area contributed by atoms with Gasteiger partial charge in [0.05, 0.1) is 0 Å². The van der Waals surface area contributed by atoms with Crippen LogP contribution in [0.1, 0.15) is 26.3 Å². The summed E-state index contributed by atoms with van der Waals surface area (Å²) in [4.78, 5) is 0. The summed E-state index contributed by atoms with van der Waals surface area (Å²) in [5, 5.41) is 2.73. The van der Waals surface area contributed by atoms with Crippen LogP contribution in [0.25, 0.3) is 42.4 Å². The summed E-state index contributed by atoms with van der Waals surface area (Å²) in [6.07, 6.45) is 0. The first-order chi connectivity index (χ1) is 14.0. The smallest absolute Gasteiger partial charge is 0.0433 e. The summed E-state index contributed by atoms with van der Waals surface area (Å²) < 4.78 is 2.80. The van der Waals surface area contributed by atoms with Crippen LogP contribution in [-0.4, -0.2) is 0 Å². The van der Waals surface area contributed by atoms with Crippen molar-refractivity contribution in [1.29, 1.82) is 0 Å².